The van der Waals surface area contributed by atoms with Gasteiger partial charge in [-0.1, -0.05) is 12.1 Å². The van der Waals surface area contributed by atoms with Crippen LogP contribution in [0, 0.1) is 0 Å². The largest absolute Gasteiger partial charge is 0.305 e. The molecule has 2 aliphatic rings. The molecular weight excluding hydrogens is 274 g/mol. The Kier molecular flexibility index (Phi) is 3.21. The van der Waals surface area contributed by atoms with E-state index < -0.39 is 0 Å². The highest BCUT2D eigenvalue weighted by molar-refractivity contribution is 5.75. The molecule has 0 atom stereocenters. The molecule has 0 unspecified atom stereocenters. The Hall–Kier alpha value is -2.16. The molecule has 1 heterocycles. The van der Waals surface area contributed by atoms with Gasteiger partial charge in [0, 0.05) is 6.04 Å². The van der Waals surface area contributed by atoms with Crippen LogP contribution in [0.1, 0.15) is 53.2 Å². The highest BCUT2D eigenvalue weighted by atomic mass is 16.1. The third-order valence-electron chi connectivity index (χ3n) is 4.83. The Morgan fingerprint density at radius 3 is 2.50 bits per heavy atom. The van der Waals surface area contributed by atoms with Gasteiger partial charge in [-0.25, -0.2) is 0 Å². The monoisotopic (exact) mass is 293 g/mol. The first kappa shape index (κ1) is 13.5. The van der Waals surface area contributed by atoms with Crippen LogP contribution in [0.15, 0.2) is 35.1 Å². The van der Waals surface area contributed by atoms with Crippen molar-refractivity contribution in [2.75, 3.05) is 0 Å². The van der Waals surface area contributed by atoms with E-state index in [-0.39, 0.29) is 17.2 Å². The van der Waals surface area contributed by atoms with Crippen LogP contribution >= 0.6 is 0 Å². The zero-order valence-electron chi connectivity index (χ0n) is 12.5. The Morgan fingerprint density at radius 1 is 1.00 bits per heavy atom. The van der Waals surface area contributed by atoms with Crippen LogP contribution in [0.3, 0.4) is 0 Å². The third-order valence-corrected chi connectivity index (χ3v) is 4.83. The summed E-state index contributed by atoms with van der Waals surface area (Å²) in [5.74, 6) is 0. The van der Waals surface area contributed by atoms with Gasteiger partial charge in [0.15, 0.2) is 6.29 Å². The molecule has 112 valence electrons. The van der Waals surface area contributed by atoms with Crippen molar-refractivity contribution in [2.45, 2.75) is 44.6 Å². The molecular formula is C19H19NO2. The number of hydrogen-bond donors (Lipinski definition) is 0. The number of nitrogens with zero attached hydrogens (tertiary/aromatic N) is 1. The fraction of sp³-hybridized carbons (Fsp3) is 0.368. The van der Waals surface area contributed by atoms with E-state index in [1.807, 2.05) is 10.6 Å². The summed E-state index contributed by atoms with van der Waals surface area (Å²) in [6.07, 6.45) is 7.53. The maximum atomic E-state index is 12.5. The second-order valence-electron chi connectivity index (χ2n) is 6.39. The van der Waals surface area contributed by atoms with Gasteiger partial charge in [-0.2, -0.15) is 0 Å². The predicted molar refractivity (Wildman–Crippen MR) is 86.4 cm³/mol. The zero-order valence-corrected chi connectivity index (χ0v) is 12.5. The van der Waals surface area contributed by atoms with Crippen LogP contribution in [-0.2, 0) is 12.8 Å². The second-order valence-corrected chi connectivity index (χ2v) is 6.39. The van der Waals surface area contributed by atoms with Crippen LogP contribution in [0.25, 0.3) is 11.3 Å². The van der Waals surface area contributed by atoms with Gasteiger partial charge in [0.05, 0.1) is 11.3 Å². The minimum atomic E-state index is -0.146. The SMILES string of the molecule is O=Cc1ccc(-c2ccc3c(c2)CCCC3)n(C2CC2)c1=O. The molecule has 1 aromatic carbocycles. The Bertz CT molecular complexity index is 800. The van der Waals surface area contributed by atoms with Gasteiger partial charge >= 0.3 is 0 Å². The lowest BCUT2D eigenvalue weighted by Crippen LogP contribution is -2.24. The predicted octanol–water partition coefficient (Wildman–Crippen LogP) is 3.54. The van der Waals surface area contributed by atoms with Crippen molar-refractivity contribution in [3.63, 3.8) is 0 Å². The molecule has 0 aliphatic heterocycles. The van der Waals surface area contributed by atoms with Crippen LogP contribution < -0.4 is 5.56 Å². The first-order valence-electron chi connectivity index (χ1n) is 8.11. The molecule has 3 heteroatoms. The number of aromatic nitrogens is 1. The van der Waals surface area contributed by atoms with Crippen molar-refractivity contribution in [2.24, 2.45) is 0 Å². The highest BCUT2D eigenvalue weighted by Gasteiger charge is 2.28. The van der Waals surface area contributed by atoms with Crippen LogP contribution in [0.4, 0.5) is 0 Å². The standard InChI is InChI=1S/C19H19NO2/c21-12-16-7-10-18(20(19(16)22)17-8-9-17)15-6-5-13-3-1-2-4-14(13)11-15/h5-7,10-12,17H,1-4,8-9H2. The van der Waals surface area contributed by atoms with Crippen molar-refractivity contribution in [1.29, 1.82) is 0 Å². The fourth-order valence-electron chi connectivity index (χ4n) is 3.48. The number of rotatable bonds is 3. The van der Waals surface area contributed by atoms with E-state index in [1.54, 1.807) is 6.07 Å². The molecule has 22 heavy (non-hydrogen) atoms. The third kappa shape index (κ3) is 2.21. The number of fused-ring (bicyclic) bond motifs is 1. The smallest absolute Gasteiger partial charge is 0.261 e. The normalized spacial score (nSPS) is 17.1. The second kappa shape index (κ2) is 5.24. The van der Waals surface area contributed by atoms with Gasteiger partial charge < -0.3 is 4.57 Å². The summed E-state index contributed by atoms with van der Waals surface area (Å²) >= 11 is 0. The van der Waals surface area contributed by atoms with Gasteiger partial charge in [-0.15, -0.1) is 0 Å². The minimum absolute atomic E-state index is 0.146. The summed E-state index contributed by atoms with van der Waals surface area (Å²) in [5.41, 5.74) is 5.02. The van der Waals surface area contributed by atoms with Crippen molar-refractivity contribution in [3.05, 3.63) is 57.4 Å². The number of aldehydes is 1. The lowest BCUT2D eigenvalue weighted by atomic mass is 9.90. The topological polar surface area (TPSA) is 39.1 Å². The average Bonchev–Trinajstić information content (AvgIpc) is 3.39. The Labute approximate surface area is 129 Å². The first-order chi connectivity index (χ1) is 10.8. The van der Waals surface area contributed by atoms with Crippen molar-refractivity contribution in [3.8, 4) is 11.3 Å². The van der Waals surface area contributed by atoms with Gasteiger partial charge in [-0.3, -0.25) is 9.59 Å². The number of hydrogen-bond acceptors (Lipinski definition) is 2. The summed E-state index contributed by atoms with van der Waals surface area (Å²) in [7, 11) is 0. The number of pyridine rings is 1. The van der Waals surface area contributed by atoms with E-state index >= 15 is 0 Å². The number of carbonyl (C=O) groups excluding carboxylic acids is 1. The Morgan fingerprint density at radius 2 is 1.77 bits per heavy atom. The molecule has 2 aromatic rings. The molecule has 0 amide bonds. The van der Waals surface area contributed by atoms with E-state index in [0.29, 0.717) is 6.29 Å². The summed E-state index contributed by atoms with van der Waals surface area (Å²) in [6.45, 7) is 0. The van der Waals surface area contributed by atoms with Crippen molar-refractivity contribution < 1.29 is 4.79 Å². The molecule has 2 aliphatic carbocycles. The van der Waals surface area contributed by atoms with E-state index in [9.17, 15) is 9.59 Å². The molecule has 0 bridgehead atoms. The van der Waals surface area contributed by atoms with Gasteiger partial charge in [0.25, 0.3) is 5.56 Å². The molecule has 1 saturated carbocycles. The lowest BCUT2D eigenvalue weighted by Gasteiger charge is -2.18. The molecule has 1 aromatic heterocycles. The quantitative estimate of drug-likeness (QED) is 0.812. The molecule has 0 N–H and O–H groups in total. The van der Waals surface area contributed by atoms with E-state index in [0.717, 1.165) is 36.9 Å². The summed E-state index contributed by atoms with van der Waals surface area (Å²) in [6, 6.07) is 10.4. The maximum absolute atomic E-state index is 12.5. The summed E-state index contributed by atoms with van der Waals surface area (Å²) < 4.78 is 1.83. The first-order valence-corrected chi connectivity index (χ1v) is 8.11. The molecule has 1 fully saturated rings. The molecule has 0 spiro atoms. The summed E-state index contributed by atoms with van der Waals surface area (Å²) in [5, 5.41) is 0. The number of carbonyl (C=O) groups is 1. The van der Waals surface area contributed by atoms with Gasteiger partial charge in [0.1, 0.15) is 0 Å². The fourth-order valence-corrected chi connectivity index (χ4v) is 3.48. The average molecular weight is 293 g/mol. The van der Waals surface area contributed by atoms with Crippen LogP contribution in [0.5, 0.6) is 0 Å². The highest BCUT2D eigenvalue weighted by Crippen LogP contribution is 2.37. The van der Waals surface area contributed by atoms with E-state index in [4.69, 9.17) is 0 Å². The van der Waals surface area contributed by atoms with Crippen LogP contribution in [-0.4, -0.2) is 10.9 Å². The summed E-state index contributed by atoms with van der Waals surface area (Å²) in [4.78, 5) is 23.5. The lowest BCUT2D eigenvalue weighted by molar-refractivity contribution is 0.112. The van der Waals surface area contributed by atoms with E-state index in [2.05, 4.69) is 18.2 Å². The number of benzene rings is 1. The molecule has 0 saturated heterocycles. The number of aryl methyl sites for hydroxylation is 2. The van der Waals surface area contributed by atoms with Gasteiger partial charge in [0.2, 0.25) is 0 Å². The molecule has 4 rings (SSSR count). The van der Waals surface area contributed by atoms with E-state index in [1.165, 1.54) is 24.0 Å². The van der Waals surface area contributed by atoms with Crippen molar-refractivity contribution in [1.82, 2.24) is 4.57 Å². The molecule has 3 nitrogen and oxygen atoms in total. The Balaban J connectivity index is 1.87. The minimum Gasteiger partial charge on any atom is -0.305 e. The maximum Gasteiger partial charge on any atom is 0.261 e. The molecule has 0 radical (unpaired) electrons. The van der Waals surface area contributed by atoms with Crippen molar-refractivity contribution >= 4 is 6.29 Å². The van der Waals surface area contributed by atoms with Gasteiger partial charge in [-0.05, 0) is 73.4 Å². The van der Waals surface area contributed by atoms with Crippen LogP contribution in [0.2, 0.25) is 0 Å². The zero-order chi connectivity index (χ0) is 15.1.